The highest BCUT2D eigenvalue weighted by Crippen LogP contribution is 2.33. The third-order valence-electron chi connectivity index (χ3n) is 6.71. The van der Waals surface area contributed by atoms with Crippen LogP contribution >= 0.6 is 0 Å². The van der Waals surface area contributed by atoms with Crippen molar-refractivity contribution in [2.75, 3.05) is 12.3 Å². The van der Waals surface area contributed by atoms with E-state index in [-0.39, 0.29) is 28.7 Å². The summed E-state index contributed by atoms with van der Waals surface area (Å²) in [6, 6.07) is 14.3. The van der Waals surface area contributed by atoms with Crippen LogP contribution in [0.25, 0.3) is 22.6 Å². The van der Waals surface area contributed by atoms with Crippen LogP contribution in [-0.4, -0.2) is 42.7 Å². The van der Waals surface area contributed by atoms with E-state index in [1.54, 1.807) is 16.7 Å². The van der Waals surface area contributed by atoms with Gasteiger partial charge in [-0.25, -0.2) is 19.3 Å². The molecule has 1 unspecified atom stereocenters. The number of benzene rings is 2. The number of hydrogen-bond donors (Lipinski definition) is 3. The maximum atomic E-state index is 14.3. The van der Waals surface area contributed by atoms with Gasteiger partial charge in [0.15, 0.2) is 17.0 Å². The molecule has 2 aromatic heterocycles. The number of fused-ring (bicyclic) bond motifs is 1. The first-order chi connectivity index (χ1) is 18.4. The van der Waals surface area contributed by atoms with Gasteiger partial charge in [0.2, 0.25) is 11.7 Å². The molecule has 194 valence electrons. The molecule has 0 spiro atoms. The van der Waals surface area contributed by atoms with E-state index >= 15 is 0 Å². The Labute approximate surface area is 220 Å². The number of aromatic nitrogens is 4. The number of nitrogen functional groups attached to an aromatic ring is 1. The average Bonchev–Trinajstić information content (AvgIpc) is 3.29. The van der Waals surface area contributed by atoms with Gasteiger partial charge in [-0.2, -0.15) is 0 Å². The number of imidazole rings is 1. The first-order valence-corrected chi connectivity index (χ1v) is 12.8. The van der Waals surface area contributed by atoms with E-state index in [4.69, 9.17) is 5.73 Å². The van der Waals surface area contributed by atoms with Gasteiger partial charge in [-0.3, -0.25) is 9.36 Å². The van der Waals surface area contributed by atoms with E-state index in [2.05, 4.69) is 32.1 Å². The Kier molecular flexibility index (Phi) is 7.07. The number of hydrogen-bond acceptors (Lipinski definition) is 6. The zero-order valence-electron chi connectivity index (χ0n) is 21.1. The summed E-state index contributed by atoms with van der Waals surface area (Å²) in [7, 11) is 0. The molecule has 1 aliphatic carbocycles. The predicted molar refractivity (Wildman–Crippen MR) is 143 cm³/mol. The van der Waals surface area contributed by atoms with Crippen molar-refractivity contribution >= 4 is 22.9 Å². The molecule has 1 amide bonds. The molecule has 8 nitrogen and oxygen atoms in total. The molecule has 9 heteroatoms. The molecule has 0 saturated heterocycles. The molecule has 4 aromatic rings. The summed E-state index contributed by atoms with van der Waals surface area (Å²) in [6.45, 7) is 2.25. The van der Waals surface area contributed by atoms with Crippen LogP contribution in [0.5, 0.6) is 0 Å². The number of anilines is 1. The second-order valence-corrected chi connectivity index (χ2v) is 9.47. The minimum Gasteiger partial charge on any atom is -0.382 e. The lowest BCUT2D eigenvalue weighted by molar-refractivity contribution is -0.123. The molecule has 38 heavy (non-hydrogen) atoms. The van der Waals surface area contributed by atoms with Crippen molar-refractivity contribution in [3.8, 4) is 23.2 Å². The van der Waals surface area contributed by atoms with Gasteiger partial charge in [0, 0.05) is 12.1 Å². The van der Waals surface area contributed by atoms with Gasteiger partial charge in [-0.15, -0.1) is 0 Å². The van der Waals surface area contributed by atoms with Gasteiger partial charge in [0.25, 0.3) is 0 Å². The fraction of sp³-hybridized carbons (Fsp3) is 0.310. The topological polar surface area (TPSA) is 119 Å². The smallest absolute Gasteiger partial charge is 0.247 e. The number of carbonyl (C=O) groups is 1. The maximum Gasteiger partial charge on any atom is 0.247 e. The highest BCUT2D eigenvalue weighted by molar-refractivity contribution is 5.91. The Morgan fingerprint density at radius 2 is 1.89 bits per heavy atom. The third-order valence-corrected chi connectivity index (χ3v) is 6.71. The van der Waals surface area contributed by atoms with Crippen molar-refractivity contribution in [3.05, 3.63) is 71.8 Å². The zero-order valence-corrected chi connectivity index (χ0v) is 21.1. The van der Waals surface area contributed by atoms with Gasteiger partial charge in [0.1, 0.15) is 23.3 Å². The summed E-state index contributed by atoms with van der Waals surface area (Å²) in [4.78, 5) is 27.2. The van der Waals surface area contributed by atoms with E-state index in [0.29, 0.717) is 36.3 Å². The summed E-state index contributed by atoms with van der Waals surface area (Å²) in [6.07, 6.45) is 4.06. The van der Waals surface area contributed by atoms with Crippen LogP contribution in [0.15, 0.2) is 54.6 Å². The molecule has 1 saturated carbocycles. The summed E-state index contributed by atoms with van der Waals surface area (Å²) < 4.78 is 15.9. The number of halogens is 1. The van der Waals surface area contributed by atoms with E-state index < -0.39 is 17.5 Å². The lowest BCUT2D eigenvalue weighted by Gasteiger charge is -2.26. The van der Waals surface area contributed by atoms with Crippen molar-refractivity contribution < 1.29 is 14.3 Å². The number of amides is 1. The van der Waals surface area contributed by atoms with Gasteiger partial charge < -0.3 is 16.2 Å². The fourth-order valence-electron chi connectivity index (χ4n) is 4.88. The number of carbonyl (C=O) groups excluding carboxylic acids is 1. The Morgan fingerprint density at radius 1 is 1.13 bits per heavy atom. The van der Waals surface area contributed by atoms with Gasteiger partial charge in [-0.05, 0) is 56.2 Å². The average molecular weight is 513 g/mol. The molecule has 1 aliphatic rings. The first kappa shape index (κ1) is 25.4. The van der Waals surface area contributed by atoms with Gasteiger partial charge in [-0.1, -0.05) is 54.8 Å². The summed E-state index contributed by atoms with van der Waals surface area (Å²) in [5, 5.41) is 13.7. The monoisotopic (exact) mass is 512 g/mol. The van der Waals surface area contributed by atoms with Crippen LogP contribution < -0.4 is 11.1 Å². The number of nitrogens with two attached hydrogens (primary N) is 1. The summed E-state index contributed by atoms with van der Waals surface area (Å²) >= 11 is 0. The largest absolute Gasteiger partial charge is 0.382 e. The number of likely N-dealkylation sites (N-methyl/N-ethyl adjacent to an activating group) is 1. The molecule has 1 atom stereocenters. The minimum absolute atomic E-state index is 0.0778. The van der Waals surface area contributed by atoms with Crippen LogP contribution in [0.1, 0.15) is 56.5 Å². The SMILES string of the molecule is CCNC(=O)C(c1ccccc1)n1c(-c2cccc(F)c2)nc2c(N)nc(C#CC3(O)CCCCC3)nc21. The number of rotatable bonds is 5. The van der Waals surface area contributed by atoms with Crippen LogP contribution in [0.2, 0.25) is 0 Å². The standard InChI is InChI=1S/C29H29FN6O2/c1-2-32-28(37)24(19-10-5-3-6-11-19)36-26(20-12-9-13-21(30)18-20)35-23-25(31)33-22(34-27(23)36)14-17-29(38)15-7-4-8-16-29/h3,5-6,9-13,18,24,38H,2,4,7-8,15-16H2,1H3,(H,32,37)(H2,31,33,34). The highest BCUT2D eigenvalue weighted by atomic mass is 19.1. The van der Waals surface area contributed by atoms with Crippen LogP contribution in [0.4, 0.5) is 10.2 Å². The second kappa shape index (κ2) is 10.6. The van der Waals surface area contributed by atoms with E-state index in [1.165, 1.54) is 12.1 Å². The first-order valence-electron chi connectivity index (χ1n) is 12.8. The Hall–Kier alpha value is -4.29. The summed E-state index contributed by atoms with van der Waals surface area (Å²) in [5.74, 6) is 5.63. The molecule has 4 N–H and O–H groups in total. The van der Waals surface area contributed by atoms with Gasteiger partial charge in [0.05, 0.1) is 0 Å². The van der Waals surface area contributed by atoms with Crippen molar-refractivity contribution in [1.82, 2.24) is 24.8 Å². The van der Waals surface area contributed by atoms with Gasteiger partial charge >= 0.3 is 0 Å². The van der Waals surface area contributed by atoms with E-state index in [0.717, 1.165) is 19.3 Å². The van der Waals surface area contributed by atoms with Crippen molar-refractivity contribution in [2.45, 2.75) is 50.7 Å². The Balaban J connectivity index is 1.76. The van der Waals surface area contributed by atoms with Crippen molar-refractivity contribution in [3.63, 3.8) is 0 Å². The maximum absolute atomic E-state index is 14.3. The molecule has 2 aromatic carbocycles. The molecule has 2 heterocycles. The van der Waals surface area contributed by atoms with Crippen LogP contribution in [0, 0.1) is 17.7 Å². The molecular formula is C29H29FN6O2. The number of aliphatic hydroxyl groups is 1. The fourth-order valence-corrected chi connectivity index (χ4v) is 4.88. The van der Waals surface area contributed by atoms with Crippen LogP contribution in [0.3, 0.4) is 0 Å². The lowest BCUT2D eigenvalue weighted by Crippen LogP contribution is -2.33. The van der Waals surface area contributed by atoms with E-state index in [9.17, 15) is 14.3 Å². The Morgan fingerprint density at radius 3 is 2.61 bits per heavy atom. The third kappa shape index (κ3) is 5.08. The molecule has 1 fully saturated rings. The number of nitrogens with zero attached hydrogens (tertiary/aromatic N) is 4. The zero-order chi connectivity index (χ0) is 26.7. The minimum atomic E-state index is -1.09. The summed E-state index contributed by atoms with van der Waals surface area (Å²) in [5.41, 5.74) is 6.95. The molecule has 0 radical (unpaired) electrons. The molecule has 5 rings (SSSR count). The second-order valence-electron chi connectivity index (χ2n) is 9.47. The molecule has 0 aliphatic heterocycles. The normalized spacial score (nSPS) is 15.4. The number of nitrogens with one attached hydrogen (secondary N) is 1. The van der Waals surface area contributed by atoms with Crippen molar-refractivity contribution in [1.29, 1.82) is 0 Å². The van der Waals surface area contributed by atoms with Crippen molar-refractivity contribution in [2.24, 2.45) is 0 Å². The Bertz CT molecular complexity index is 1530. The lowest BCUT2D eigenvalue weighted by atomic mass is 9.85. The molecular weight excluding hydrogens is 483 g/mol. The quantitative estimate of drug-likeness (QED) is 0.348. The molecule has 0 bridgehead atoms. The predicted octanol–water partition coefficient (Wildman–Crippen LogP) is 3.99. The highest BCUT2D eigenvalue weighted by Gasteiger charge is 2.30. The van der Waals surface area contributed by atoms with Crippen LogP contribution in [-0.2, 0) is 4.79 Å². The van der Waals surface area contributed by atoms with E-state index in [1.807, 2.05) is 37.3 Å².